The molecule has 3 aliphatic carbocycles. The van der Waals surface area contributed by atoms with Gasteiger partial charge in [-0.2, -0.15) is 0 Å². The van der Waals surface area contributed by atoms with Crippen LogP contribution in [0, 0.1) is 11.3 Å². The van der Waals surface area contributed by atoms with Gasteiger partial charge in [-0.05, 0) is 74.8 Å². The number of hydrogen-bond acceptors (Lipinski definition) is 2. The van der Waals surface area contributed by atoms with Gasteiger partial charge in [-0.1, -0.05) is 30.7 Å². The van der Waals surface area contributed by atoms with E-state index in [4.69, 9.17) is 0 Å². The van der Waals surface area contributed by atoms with Gasteiger partial charge in [-0.25, -0.2) is 0 Å². The van der Waals surface area contributed by atoms with Crippen LogP contribution in [-0.2, 0) is 4.79 Å². The number of likely N-dealkylation sites (tertiary alicyclic amines) is 1. The van der Waals surface area contributed by atoms with Crippen LogP contribution >= 0.6 is 0 Å². The quantitative estimate of drug-likeness (QED) is 0.884. The van der Waals surface area contributed by atoms with Gasteiger partial charge < -0.3 is 10.0 Å². The summed E-state index contributed by atoms with van der Waals surface area (Å²) in [5, 5.41) is 9.88. The highest BCUT2D eigenvalue weighted by Gasteiger charge is 2.53. The van der Waals surface area contributed by atoms with Crippen LogP contribution < -0.4 is 0 Å². The minimum Gasteiger partial charge on any atom is -0.390 e. The van der Waals surface area contributed by atoms with Crippen molar-refractivity contribution in [3.63, 3.8) is 0 Å². The summed E-state index contributed by atoms with van der Waals surface area (Å²) in [6.45, 7) is 3.74. The van der Waals surface area contributed by atoms with E-state index in [1.165, 1.54) is 44.1 Å². The zero-order chi connectivity index (χ0) is 17.9. The number of carbonyl (C=O) groups is 1. The Morgan fingerprint density at radius 2 is 1.77 bits per heavy atom. The first-order valence-corrected chi connectivity index (χ1v) is 10.5. The van der Waals surface area contributed by atoms with Crippen molar-refractivity contribution < 1.29 is 9.90 Å². The second-order valence-electron chi connectivity index (χ2n) is 10.0. The van der Waals surface area contributed by atoms with Gasteiger partial charge in [-0.3, -0.25) is 4.79 Å². The molecular weight excluding hydrogens is 322 g/mol. The molecule has 5 rings (SSSR count). The molecule has 1 atom stereocenters. The number of aliphatic hydroxyl groups is 1. The van der Waals surface area contributed by atoms with Crippen LogP contribution in [0.2, 0.25) is 0 Å². The van der Waals surface area contributed by atoms with E-state index in [0.29, 0.717) is 24.2 Å². The Morgan fingerprint density at radius 1 is 1.08 bits per heavy atom. The molecule has 0 bridgehead atoms. The number of nitrogens with zero attached hydrogens (tertiary/aromatic N) is 1. The Bertz CT molecular complexity index is 707. The lowest BCUT2D eigenvalue weighted by Gasteiger charge is -2.52. The van der Waals surface area contributed by atoms with Gasteiger partial charge >= 0.3 is 0 Å². The van der Waals surface area contributed by atoms with E-state index in [1.807, 2.05) is 6.92 Å². The van der Waals surface area contributed by atoms with E-state index in [9.17, 15) is 9.90 Å². The predicted molar refractivity (Wildman–Crippen MR) is 102 cm³/mol. The molecule has 1 aliphatic heterocycles. The van der Waals surface area contributed by atoms with Gasteiger partial charge in [0, 0.05) is 24.4 Å². The number of rotatable bonds is 3. The van der Waals surface area contributed by atoms with E-state index in [2.05, 4.69) is 29.2 Å². The van der Waals surface area contributed by atoms with Crippen LogP contribution in [-0.4, -0.2) is 34.6 Å². The zero-order valence-corrected chi connectivity index (χ0v) is 15.9. The Balaban J connectivity index is 1.19. The number of hydrogen-bond donors (Lipinski definition) is 1. The standard InChI is InChI=1S/C23H31NO2/c1-22(26)11-20(12-22)21(25)24-14-23(15-24)9-8-19(13-23)18-7-3-6-17(10-18)16-4-2-5-16/h3,6-7,10,16,19-20,26H,2,4-5,8-9,11-15H2,1H3/t19-,20?,22?/m1/s1. The maximum Gasteiger partial charge on any atom is 0.225 e. The average molecular weight is 354 g/mol. The van der Waals surface area contributed by atoms with Gasteiger partial charge in [0.25, 0.3) is 0 Å². The van der Waals surface area contributed by atoms with Crippen LogP contribution in [0.4, 0.5) is 0 Å². The van der Waals surface area contributed by atoms with Crippen LogP contribution in [0.15, 0.2) is 24.3 Å². The first kappa shape index (κ1) is 16.8. The van der Waals surface area contributed by atoms with Crippen LogP contribution in [0.5, 0.6) is 0 Å². The van der Waals surface area contributed by atoms with Crippen LogP contribution in [0.1, 0.15) is 81.3 Å². The molecule has 1 aromatic carbocycles. The molecule has 0 radical (unpaired) electrons. The molecular formula is C23H31NO2. The summed E-state index contributed by atoms with van der Waals surface area (Å²) < 4.78 is 0. The summed E-state index contributed by atoms with van der Waals surface area (Å²) in [7, 11) is 0. The predicted octanol–water partition coefficient (Wildman–Crippen LogP) is 4.21. The largest absolute Gasteiger partial charge is 0.390 e. The fourth-order valence-corrected chi connectivity index (χ4v) is 5.94. The molecule has 3 saturated carbocycles. The van der Waals surface area contributed by atoms with Crippen molar-refractivity contribution in [3.05, 3.63) is 35.4 Å². The Kier molecular flexibility index (Phi) is 3.76. The van der Waals surface area contributed by atoms with E-state index < -0.39 is 5.60 Å². The number of amides is 1. The fraction of sp³-hybridized carbons (Fsp3) is 0.696. The fourth-order valence-electron chi connectivity index (χ4n) is 5.94. The molecule has 1 N–H and O–H groups in total. The molecule has 3 heteroatoms. The van der Waals surface area contributed by atoms with Gasteiger partial charge in [-0.15, -0.1) is 0 Å². The third-order valence-electron chi connectivity index (χ3n) is 7.75. The smallest absolute Gasteiger partial charge is 0.225 e. The molecule has 1 heterocycles. The first-order valence-electron chi connectivity index (χ1n) is 10.5. The van der Waals surface area contributed by atoms with Crippen molar-refractivity contribution in [2.24, 2.45) is 11.3 Å². The molecule has 4 fully saturated rings. The van der Waals surface area contributed by atoms with Crippen molar-refractivity contribution in [1.29, 1.82) is 0 Å². The van der Waals surface area contributed by atoms with Crippen molar-refractivity contribution >= 4 is 5.91 Å². The lowest BCUT2D eigenvalue weighted by molar-refractivity contribution is -0.161. The number of benzene rings is 1. The number of carbonyl (C=O) groups excluding carboxylic acids is 1. The highest BCUT2D eigenvalue weighted by Crippen LogP contribution is 2.53. The van der Waals surface area contributed by atoms with Crippen molar-refractivity contribution in [3.8, 4) is 0 Å². The zero-order valence-electron chi connectivity index (χ0n) is 15.9. The van der Waals surface area contributed by atoms with Crippen LogP contribution in [0.25, 0.3) is 0 Å². The second kappa shape index (κ2) is 5.82. The van der Waals surface area contributed by atoms with Crippen molar-refractivity contribution in [1.82, 2.24) is 4.90 Å². The third-order valence-corrected chi connectivity index (χ3v) is 7.75. The molecule has 1 amide bonds. The molecule has 0 aromatic heterocycles. The summed E-state index contributed by atoms with van der Waals surface area (Å²) in [5.41, 5.74) is 2.86. The monoisotopic (exact) mass is 353 g/mol. The summed E-state index contributed by atoms with van der Waals surface area (Å²) in [6.07, 6.45) is 9.19. The molecule has 140 valence electrons. The van der Waals surface area contributed by atoms with E-state index >= 15 is 0 Å². The van der Waals surface area contributed by atoms with Crippen molar-refractivity contribution in [2.45, 2.75) is 75.7 Å². The summed E-state index contributed by atoms with van der Waals surface area (Å²) in [4.78, 5) is 14.6. The Morgan fingerprint density at radius 3 is 2.38 bits per heavy atom. The minimum atomic E-state index is -0.604. The minimum absolute atomic E-state index is 0.0682. The normalized spacial score (nSPS) is 35.7. The Labute approximate surface area is 156 Å². The highest BCUT2D eigenvalue weighted by atomic mass is 16.3. The lowest BCUT2D eigenvalue weighted by Crippen LogP contribution is -2.61. The topological polar surface area (TPSA) is 40.5 Å². The Hall–Kier alpha value is -1.35. The SMILES string of the molecule is CC1(O)CC(C(=O)N2CC3(CC[C@@H](c4cccc(C5CCC5)c4)C3)C2)C1. The van der Waals surface area contributed by atoms with E-state index in [0.717, 1.165) is 19.0 Å². The summed E-state index contributed by atoms with van der Waals surface area (Å²) in [6, 6.07) is 9.37. The molecule has 26 heavy (non-hydrogen) atoms. The molecule has 3 nitrogen and oxygen atoms in total. The maximum absolute atomic E-state index is 12.6. The second-order valence-corrected chi connectivity index (χ2v) is 10.0. The summed E-state index contributed by atoms with van der Waals surface area (Å²) >= 11 is 0. The molecule has 0 unspecified atom stereocenters. The van der Waals surface area contributed by atoms with Gasteiger partial charge in [0.1, 0.15) is 0 Å². The average Bonchev–Trinajstić information content (AvgIpc) is 2.95. The van der Waals surface area contributed by atoms with Gasteiger partial charge in [0.15, 0.2) is 0 Å². The molecule has 4 aliphatic rings. The van der Waals surface area contributed by atoms with E-state index in [-0.39, 0.29) is 11.8 Å². The first-order chi connectivity index (χ1) is 12.4. The van der Waals surface area contributed by atoms with Crippen LogP contribution in [0.3, 0.4) is 0 Å². The van der Waals surface area contributed by atoms with Gasteiger partial charge in [0.2, 0.25) is 5.91 Å². The lowest BCUT2D eigenvalue weighted by atomic mass is 9.69. The molecule has 1 aromatic rings. The van der Waals surface area contributed by atoms with Crippen molar-refractivity contribution in [2.75, 3.05) is 13.1 Å². The highest BCUT2D eigenvalue weighted by molar-refractivity contribution is 5.81. The third kappa shape index (κ3) is 2.79. The maximum atomic E-state index is 12.6. The molecule has 1 saturated heterocycles. The van der Waals surface area contributed by atoms with E-state index in [1.54, 1.807) is 5.56 Å². The molecule has 1 spiro atoms. The van der Waals surface area contributed by atoms with Gasteiger partial charge in [0.05, 0.1) is 5.60 Å². The summed E-state index contributed by atoms with van der Waals surface area (Å²) in [5.74, 6) is 1.84.